The minimum absolute atomic E-state index is 0.251. The molecule has 1 unspecified atom stereocenters. The summed E-state index contributed by atoms with van der Waals surface area (Å²) in [6, 6.07) is 16.6. The Kier molecular flexibility index (Phi) is 5.38. The van der Waals surface area contributed by atoms with Gasteiger partial charge in [-0.3, -0.25) is 0 Å². The predicted octanol–water partition coefficient (Wildman–Crippen LogP) is 2.93. The average Bonchev–Trinajstić information content (AvgIpc) is 2.74. The number of rotatable bonds is 5. The van der Waals surface area contributed by atoms with Crippen molar-refractivity contribution >= 4 is 26.6 Å². The molecular formula is C21H24N4O3S. The van der Waals surface area contributed by atoms with Gasteiger partial charge in [0.15, 0.2) is 5.82 Å². The maximum atomic E-state index is 13.2. The van der Waals surface area contributed by atoms with Crippen LogP contribution in [0.25, 0.3) is 10.8 Å². The van der Waals surface area contributed by atoms with Crippen LogP contribution in [0.15, 0.2) is 59.5 Å². The molecule has 0 bridgehead atoms. The number of fused-ring (bicyclic) bond motifs is 1. The number of benzene rings is 2. The van der Waals surface area contributed by atoms with Crippen molar-refractivity contribution in [1.29, 1.82) is 0 Å². The first-order valence-electron chi connectivity index (χ1n) is 9.60. The van der Waals surface area contributed by atoms with E-state index in [1.165, 1.54) is 4.31 Å². The SMILES string of the molecule is CN(C)c1ccc(OC2CCCN(S(=O)(=O)c3ccc4ccccc4c3)C2)nn1. The first kappa shape index (κ1) is 19.6. The third kappa shape index (κ3) is 4.18. The van der Waals surface area contributed by atoms with Gasteiger partial charge >= 0.3 is 0 Å². The lowest BCUT2D eigenvalue weighted by Gasteiger charge is -2.31. The van der Waals surface area contributed by atoms with Crippen molar-refractivity contribution in [2.75, 3.05) is 32.1 Å². The van der Waals surface area contributed by atoms with E-state index >= 15 is 0 Å². The Bertz CT molecular complexity index is 1100. The van der Waals surface area contributed by atoms with Gasteiger partial charge in [0.05, 0.1) is 11.4 Å². The van der Waals surface area contributed by atoms with Crippen molar-refractivity contribution in [2.45, 2.75) is 23.8 Å². The third-order valence-corrected chi connectivity index (χ3v) is 6.93. The van der Waals surface area contributed by atoms with Crippen LogP contribution in [0.1, 0.15) is 12.8 Å². The Labute approximate surface area is 171 Å². The second-order valence-corrected chi connectivity index (χ2v) is 9.32. The van der Waals surface area contributed by atoms with Crippen LogP contribution in [0.2, 0.25) is 0 Å². The summed E-state index contributed by atoms with van der Waals surface area (Å²) in [4.78, 5) is 2.17. The van der Waals surface area contributed by atoms with Gasteiger partial charge in [-0.15, -0.1) is 10.2 Å². The fourth-order valence-corrected chi connectivity index (χ4v) is 5.03. The highest BCUT2D eigenvalue weighted by molar-refractivity contribution is 7.89. The lowest BCUT2D eigenvalue weighted by atomic mass is 10.1. The van der Waals surface area contributed by atoms with Crippen LogP contribution in [0.4, 0.5) is 5.82 Å². The van der Waals surface area contributed by atoms with Crippen LogP contribution in [-0.4, -0.2) is 56.2 Å². The van der Waals surface area contributed by atoms with E-state index in [-0.39, 0.29) is 6.10 Å². The molecule has 2 aromatic carbocycles. The number of sulfonamides is 1. The fraction of sp³-hybridized carbons (Fsp3) is 0.333. The summed E-state index contributed by atoms with van der Waals surface area (Å²) in [5.74, 6) is 1.15. The topological polar surface area (TPSA) is 75.6 Å². The van der Waals surface area contributed by atoms with E-state index in [9.17, 15) is 8.42 Å². The van der Waals surface area contributed by atoms with E-state index in [1.54, 1.807) is 18.2 Å². The molecule has 1 fully saturated rings. The van der Waals surface area contributed by atoms with Crippen molar-refractivity contribution in [2.24, 2.45) is 0 Å². The van der Waals surface area contributed by atoms with Crippen molar-refractivity contribution in [1.82, 2.24) is 14.5 Å². The number of anilines is 1. The van der Waals surface area contributed by atoms with Crippen molar-refractivity contribution in [3.63, 3.8) is 0 Å². The lowest BCUT2D eigenvalue weighted by Crippen LogP contribution is -2.44. The average molecular weight is 413 g/mol. The molecule has 1 aliphatic heterocycles. The molecule has 152 valence electrons. The van der Waals surface area contributed by atoms with Crippen LogP contribution >= 0.6 is 0 Å². The van der Waals surface area contributed by atoms with Gasteiger partial charge in [-0.1, -0.05) is 30.3 Å². The first-order chi connectivity index (χ1) is 13.9. The highest BCUT2D eigenvalue weighted by Crippen LogP contribution is 2.25. The summed E-state index contributed by atoms with van der Waals surface area (Å²) in [6.07, 6.45) is 1.26. The van der Waals surface area contributed by atoms with Gasteiger partial charge in [0.25, 0.3) is 0 Å². The van der Waals surface area contributed by atoms with E-state index < -0.39 is 10.0 Å². The summed E-state index contributed by atoms with van der Waals surface area (Å²) in [6.45, 7) is 0.784. The monoisotopic (exact) mass is 412 g/mol. The molecule has 0 amide bonds. The highest BCUT2D eigenvalue weighted by atomic mass is 32.2. The fourth-order valence-electron chi connectivity index (χ4n) is 3.48. The zero-order valence-corrected chi connectivity index (χ0v) is 17.3. The number of aromatic nitrogens is 2. The Morgan fingerprint density at radius 2 is 1.83 bits per heavy atom. The standard InChI is InChI=1S/C21H24N4O3S/c1-24(2)20-11-12-21(23-22-20)28-18-8-5-13-25(15-18)29(26,27)19-10-9-16-6-3-4-7-17(16)14-19/h3-4,6-7,9-12,14,18H,5,8,13,15H2,1-2H3. The molecule has 0 radical (unpaired) electrons. The highest BCUT2D eigenvalue weighted by Gasteiger charge is 2.31. The van der Waals surface area contributed by atoms with Gasteiger partial charge in [0.1, 0.15) is 6.10 Å². The zero-order chi connectivity index (χ0) is 20.4. The van der Waals surface area contributed by atoms with Gasteiger partial charge in [-0.2, -0.15) is 4.31 Å². The molecule has 8 heteroatoms. The Balaban J connectivity index is 1.50. The second-order valence-electron chi connectivity index (χ2n) is 7.38. The minimum atomic E-state index is -3.59. The van der Waals surface area contributed by atoms with Gasteiger partial charge in [0.2, 0.25) is 15.9 Å². The smallest absolute Gasteiger partial charge is 0.243 e. The van der Waals surface area contributed by atoms with E-state index in [2.05, 4.69) is 10.2 Å². The summed E-state index contributed by atoms with van der Waals surface area (Å²) >= 11 is 0. The molecular weight excluding hydrogens is 388 g/mol. The molecule has 7 nitrogen and oxygen atoms in total. The van der Waals surface area contributed by atoms with Crippen molar-refractivity contribution < 1.29 is 13.2 Å². The zero-order valence-electron chi connectivity index (χ0n) is 16.5. The van der Waals surface area contributed by atoms with Crippen LogP contribution in [0.3, 0.4) is 0 Å². The molecule has 0 aliphatic carbocycles. The normalized spacial score (nSPS) is 17.9. The summed E-state index contributed by atoms with van der Waals surface area (Å²) in [7, 11) is 0.194. The summed E-state index contributed by atoms with van der Waals surface area (Å²) in [5.41, 5.74) is 0. The van der Waals surface area contributed by atoms with Crippen LogP contribution < -0.4 is 9.64 Å². The Morgan fingerprint density at radius 3 is 2.55 bits per heavy atom. The molecule has 4 rings (SSSR count). The number of ether oxygens (including phenoxy) is 1. The van der Waals surface area contributed by atoms with E-state index in [0.29, 0.717) is 23.9 Å². The molecule has 1 saturated heterocycles. The molecule has 0 saturated carbocycles. The predicted molar refractivity (Wildman–Crippen MR) is 113 cm³/mol. The maximum absolute atomic E-state index is 13.2. The van der Waals surface area contributed by atoms with Gasteiger partial charge in [0, 0.05) is 26.7 Å². The van der Waals surface area contributed by atoms with E-state index in [0.717, 1.165) is 29.4 Å². The van der Waals surface area contributed by atoms with Crippen LogP contribution in [0, 0.1) is 0 Å². The minimum Gasteiger partial charge on any atom is -0.472 e. The molecule has 1 aliphatic rings. The molecule has 1 aromatic heterocycles. The summed E-state index contributed by atoms with van der Waals surface area (Å²) < 4.78 is 33.8. The molecule has 1 atom stereocenters. The first-order valence-corrected chi connectivity index (χ1v) is 11.0. The lowest BCUT2D eigenvalue weighted by molar-refractivity contribution is 0.123. The molecule has 0 spiro atoms. The number of piperidine rings is 1. The molecule has 3 aromatic rings. The van der Waals surface area contributed by atoms with Crippen LogP contribution in [0.5, 0.6) is 5.88 Å². The molecule has 2 heterocycles. The molecule has 29 heavy (non-hydrogen) atoms. The van der Waals surface area contributed by atoms with Gasteiger partial charge < -0.3 is 9.64 Å². The van der Waals surface area contributed by atoms with Crippen LogP contribution in [-0.2, 0) is 10.0 Å². The van der Waals surface area contributed by atoms with E-state index in [1.807, 2.05) is 55.4 Å². The number of hydrogen-bond acceptors (Lipinski definition) is 6. The Hall–Kier alpha value is -2.71. The van der Waals surface area contributed by atoms with Crippen molar-refractivity contribution in [3.05, 3.63) is 54.6 Å². The number of nitrogens with zero attached hydrogens (tertiary/aromatic N) is 4. The van der Waals surface area contributed by atoms with Crippen molar-refractivity contribution in [3.8, 4) is 5.88 Å². The Morgan fingerprint density at radius 1 is 1.03 bits per heavy atom. The third-order valence-electron chi connectivity index (χ3n) is 5.07. The number of hydrogen-bond donors (Lipinski definition) is 0. The summed E-state index contributed by atoms with van der Waals surface area (Å²) in [5, 5.41) is 10.1. The van der Waals surface area contributed by atoms with Gasteiger partial charge in [-0.25, -0.2) is 8.42 Å². The van der Waals surface area contributed by atoms with Gasteiger partial charge in [-0.05, 0) is 41.8 Å². The largest absolute Gasteiger partial charge is 0.472 e. The molecule has 0 N–H and O–H groups in total. The quantitative estimate of drug-likeness (QED) is 0.641. The van der Waals surface area contributed by atoms with E-state index in [4.69, 9.17) is 4.74 Å². The maximum Gasteiger partial charge on any atom is 0.243 e. The second kappa shape index (κ2) is 7.96.